The Morgan fingerprint density at radius 2 is 2.25 bits per heavy atom. The number of hydrogen-bond acceptors (Lipinski definition) is 2. The highest BCUT2D eigenvalue weighted by Gasteiger charge is 1.87. The van der Waals surface area contributed by atoms with Crippen LogP contribution in [0.25, 0.3) is 12.7 Å². The lowest BCUT2D eigenvalue weighted by molar-refractivity contribution is 0.322. The Bertz CT molecular complexity index is 397. The Kier molecular flexibility index (Phi) is 3.05. The van der Waals surface area contributed by atoms with Gasteiger partial charge in [-0.05, 0) is 22.6 Å². The van der Waals surface area contributed by atoms with Crippen LogP contribution in [0.2, 0.25) is 0 Å². The second-order valence-electron chi connectivity index (χ2n) is 2.24. The maximum atomic E-state index is 8.21. The van der Waals surface area contributed by atoms with Crippen molar-refractivity contribution in [3.63, 3.8) is 0 Å². The van der Waals surface area contributed by atoms with Crippen molar-refractivity contribution < 1.29 is 5.21 Å². The summed E-state index contributed by atoms with van der Waals surface area (Å²) in [7, 11) is 0. The quantitative estimate of drug-likeness (QED) is 0.434. The van der Waals surface area contributed by atoms with Gasteiger partial charge in [0.05, 0.1) is 6.21 Å². The molecule has 0 heterocycles. The van der Waals surface area contributed by atoms with E-state index in [0.29, 0.717) is 0 Å². The van der Waals surface area contributed by atoms with Gasteiger partial charge in [0, 0.05) is 4.47 Å². The zero-order chi connectivity index (χ0) is 8.97. The van der Waals surface area contributed by atoms with E-state index >= 15 is 0 Å². The van der Waals surface area contributed by atoms with Crippen molar-refractivity contribution in [2.75, 3.05) is 0 Å². The average molecular weight is 226 g/mol. The molecule has 1 aromatic carbocycles. The summed E-state index contributed by atoms with van der Waals surface area (Å²) in [4.78, 5) is 0. The Hall–Kier alpha value is -1.09. The van der Waals surface area contributed by atoms with Gasteiger partial charge < -0.3 is 5.21 Å². The van der Waals surface area contributed by atoms with Gasteiger partial charge in [0.2, 0.25) is 0 Å². The molecule has 2 nitrogen and oxygen atoms in total. The van der Waals surface area contributed by atoms with Gasteiger partial charge in [0.25, 0.3) is 0 Å². The summed E-state index contributed by atoms with van der Waals surface area (Å²) in [5, 5.41) is 12.9. The van der Waals surface area contributed by atoms with E-state index in [1.165, 1.54) is 6.21 Å². The minimum atomic E-state index is 0.893. The normalized spacial score (nSPS) is 12.6. The molecule has 1 N–H and O–H groups in total. The summed E-state index contributed by atoms with van der Waals surface area (Å²) in [6, 6.07) is 5.70. The van der Waals surface area contributed by atoms with Crippen molar-refractivity contribution in [1.29, 1.82) is 0 Å². The smallest absolute Gasteiger partial charge is 0.0668 e. The number of nitrogens with zero attached hydrogens (tertiary/aromatic N) is 1. The third-order valence-corrected chi connectivity index (χ3v) is 2.14. The first-order valence-electron chi connectivity index (χ1n) is 3.37. The summed E-state index contributed by atoms with van der Waals surface area (Å²) in [5.74, 6) is 0. The van der Waals surface area contributed by atoms with Crippen molar-refractivity contribution >= 4 is 34.8 Å². The van der Waals surface area contributed by atoms with Crippen molar-refractivity contribution in [2.24, 2.45) is 5.16 Å². The van der Waals surface area contributed by atoms with Gasteiger partial charge in [-0.1, -0.05) is 39.8 Å². The molecule has 0 unspecified atom stereocenters. The van der Waals surface area contributed by atoms with Crippen LogP contribution in [-0.2, 0) is 0 Å². The zero-order valence-electron chi connectivity index (χ0n) is 6.37. The molecular weight excluding hydrogens is 218 g/mol. The van der Waals surface area contributed by atoms with Crippen LogP contribution in [0.1, 0.15) is 0 Å². The number of rotatable bonds is 1. The Balaban J connectivity index is 3.41. The standard InChI is InChI=1S/C9H8BrNO/c1-7-3-2-4-9(10)8(7)5-6-11-12/h2-6,12H,1H2/b8-5+,11-6+. The molecule has 1 rings (SSSR count). The van der Waals surface area contributed by atoms with E-state index in [4.69, 9.17) is 5.21 Å². The fourth-order valence-electron chi connectivity index (χ4n) is 0.876. The van der Waals surface area contributed by atoms with E-state index in [1.54, 1.807) is 6.08 Å². The van der Waals surface area contributed by atoms with Crippen LogP contribution in [-0.4, -0.2) is 11.4 Å². The summed E-state index contributed by atoms with van der Waals surface area (Å²) in [6.45, 7) is 3.83. The Morgan fingerprint density at radius 1 is 1.50 bits per heavy atom. The van der Waals surface area contributed by atoms with Crippen LogP contribution in [0.5, 0.6) is 0 Å². The zero-order valence-corrected chi connectivity index (χ0v) is 7.95. The lowest BCUT2D eigenvalue weighted by Gasteiger charge is -1.90. The topological polar surface area (TPSA) is 32.6 Å². The monoisotopic (exact) mass is 225 g/mol. The molecule has 0 amide bonds. The van der Waals surface area contributed by atoms with E-state index in [0.717, 1.165) is 14.9 Å². The lowest BCUT2D eigenvalue weighted by atomic mass is 10.2. The highest BCUT2D eigenvalue weighted by atomic mass is 79.9. The van der Waals surface area contributed by atoms with Crippen LogP contribution in [0.15, 0.2) is 27.8 Å². The largest absolute Gasteiger partial charge is 0.411 e. The van der Waals surface area contributed by atoms with Gasteiger partial charge in [0.15, 0.2) is 0 Å². The third kappa shape index (κ3) is 1.95. The maximum Gasteiger partial charge on any atom is 0.0668 e. The van der Waals surface area contributed by atoms with Crippen molar-refractivity contribution in [3.05, 3.63) is 33.1 Å². The Morgan fingerprint density at radius 3 is 2.83 bits per heavy atom. The van der Waals surface area contributed by atoms with Gasteiger partial charge in [0.1, 0.15) is 0 Å². The van der Waals surface area contributed by atoms with Gasteiger partial charge in [-0.25, -0.2) is 0 Å². The van der Waals surface area contributed by atoms with E-state index in [2.05, 4.69) is 27.7 Å². The number of halogens is 1. The molecule has 0 aliphatic carbocycles. The summed E-state index contributed by atoms with van der Waals surface area (Å²) in [5.41, 5.74) is 0. The van der Waals surface area contributed by atoms with E-state index in [1.807, 2.05) is 18.2 Å². The third-order valence-electron chi connectivity index (χ3n) is 1.45. The molecule has 12 heavy (non-hydrogen) atoms. The van der Waals surface area contributed by atoms with Crippen LogP contribution in [0, 0.1) is 0 Å². The predicted molar refractivity (Wildman–Crippen MR) is 53.7 cm³/mol. The van der Waals surface area contributed by atoms with Crippen molar-refractivity contribution in [1.82, 2.24) is 0 Å². The maximum absolute atomic E-state index is 8.21. The molecular formula is C9H8BrNO. The summed E-state index contributed by atoms with van der Waals surface area (Å²) < 4.78 is 0.940. The van der Waals surface area contributed by atoms with Crippen molar-refractivity contribution in [3.8, 4) is 0 Å². The minimum absolute atomic E-state index is 0.893. The van der Waals surface area contributed by atoms with E-state index in [9.17, 15) is 0 Å². The summed E-state index contributed by atoms with van der Waals surface area (Å²) >= 11 is 3.36. The minimum Gasteiger partial charge on any atom is -0.411 e. The van der Waals surface area contributed by atoms with Gasteiger partial charge in [-0.3, -0.25) is 0 Å². The Labute approximate surface area is 78.7 Å². The number of benzene rings is 1. The fourth-order valence-corrected chi connectivity index (χ4v) is 1.42. The molecule has 0 fully saturated rings. The second kappa shape index (κ2) is 4.07. The van der Waals surface area contributed by atoms with Crippen LogP contribution in [0.3, 0.4) is 0 Å². The molecule has 62 valence electrons. The predicted octanol–water partition coefficient (Wildman–Crippen LogP) is 1.10. The van der Waals surface area contributed by atoms with Crippen LogP contribution < -0.4 is 10.4 Å². The summed E-state index contributed by atoms with van der Waals surface area (Å²) in [6.07, 6.45) is 3.00. The molecule has 0 spiro atoms. The van der Waals surface area contributed by atoms with Crippen LogP contribution in [0.4, 0.5) is 0 Å². The van der Waals surface area contributed by atoms with Crippen LogP contribution >= 0.6 is 15.9 Å². The van der Waals surface area contributed by atoms with Gasteiger partial charge in [-0.2, -0.15) is 0 Å². The number of oxime groups is 1. The van der Waals surface area contributed by atoms with Gasteiger partial charge >= 0.3 is 0 Å². The highest BCUT2D eigenvalue weighted by molar-refractivity contribution is 9.10. The SMILES string of the molecule is C=c1cccc(Br)/c1=C/C=N/O. The first-order chi connectivity index (χ1) is 5.75. The molecule has 0 saturated carbocycles. The molecule has 3 heteroatoms. The van der Waals surface area contributed by atoms with E-state index in [-0.39, 0.29) is 0 Å². The fraction of sp³-hybridized carbons (Fsp3) is 0. The van der Waals surface area contributed by atoms with Crippen molar-refractivity contribution in [2.45, 2.75) is 0 Å². The second-order valence-corrected chi connectivity index (χ2v) is 3.10. The molecule has 1 aromatic rings. The van der Waals surface area contributed by atoms with Gasteiger partial charge in [-0.15, -0.1) is 0 Å². The molecule has 0 bridgehead atoms. The first kappa shape index (κ1) is 9.00. The number of hydrogen-bond donors (Lipinski definition) is 1. The molecule has 0 aliphatic heterocycles. The molecule has 0 atom stereocenters. The lowest BCUT2D eigenvalue weighted by Crippen LogP contribution is -2.23. The molecule has 0 aliphatic rings. The molecule has 0 saturated heterocycles. The molecule has 0 radical (unpaired) electrons. The van der Waals surface area contributed by atoms with E-state index < -0.39 is 0 Å². The first-order valence-corrected chi connectivity index (χ1v) is 4.16. The molecule has 0 aromatic heterocycles. The average Bonchev–Trinajstić information content (AvgIpc) is 2.04. The highest BCUT2D eigenvalue weighted by Crippen LogP contribution is 1.97.